The number of hydrogen-bond donors (Lipinski definition) is 0. The molecule has 7 nitrogen and oxygen atoms in total. The number of hydrogen-bond acceptors (Lipinski definition) is 5. The highest BCUT2D eigenvalue weighted by Crippen LogP contribution is 2.14. The van der Waals surface area contributed by atoms with Gasteiger partial charge in [-0.25, -0.2) is 13.6 Å². The molecular weight excluding hydrogens is 228 g/mol. The minimum Gasteiger partial charge on any atom is -0.464 e. The molecule has 0 atom stereocenters. The van der Waals surface area contributed by atoms with Gasteiger partial charge in [0.05, 0.1) is 18.3 Å². The Labute approximate surface area is 87.8 Å². The van der Waals surface area contributed by atoms with Crippen LogP contribution in [0.15, 0.2) is 6.07 Å². The van der Waals surface area contributed by atoms with E-state index in [9.17, 15) is 23.7 Å². The highest BCUT2D eigenvalue weighted by Gasteiger charge is 2.25. The number of nitro groups is 1. The Balaban J connectivity index is 3.12. The Morgan fingerprint density at radius 1 is 1.75 bits per heavy atom. The molecule has 0 aliphatic carbocycles. The summed E-state index contributed by atoms with van der Waals surface area (Å²) in [6.45, 7) is -0.904. The van der Waals surface area contributed by atoms with E-state index in [1.165, 1.54) is 0 Å². The molecule has 0 saturated carbocycles. The zero-order valence-corrected chi connectivity index (χ0v) is 8.09. The number of nitrogens with zero attached hydrogens (tertiary/aromatic N) is 3. The summed E-state index contributed by atoms with van der Waals surface area (Å²) < 4.78 is 29.0. The summed E-state index contributed by atoms with van der Waals surface area (Å²) in [5, 5.41) is 13.6. The van der Waals surface area contributed by atoms with Crippen LogP contribution in [0.25, 0.3) is 0 Å². The van der Waals surface area contributed by atoms with Gasteiger partial charge < -0.3 is 14.9 Å². The fourth-order valence-corrected chi connectivity index (χ4v) is 1.03. The van der Waals surface area contributed by atoms with Gasteiger partial charge in [-0.3, -0.25) is 0 Å². The van der Waals surface area contributed by atoms with Crippen LogP contribution in [0.3, 0.4) is 0 Å². The number of esters is 1. The highest BCUT2D eigenvalue weighted by atomic mass is 19.3. The molecule has 1 rings (SSSR count). The lowest BCUT2D eigenvalue weighted by Crippen LogP contribution is -2.15. The molecule has 0 bridgehead atoms. The van der Waals surface area contributed by atoms with E-state index < -0.39 is 29.7 Å². The van der Waals surface area contributed by atoms with Crippen LogP contribution in [0, 0.1) is 10.1 Å². The van der Waals surface area contributed by atoms with Crippen LogP contribution in [0.5, 0.6) is 0 Å². The fraction of sp³-hybridized carbons (Fsp3) is 0.429. The molecule has 1 heterocycles. The topological polar surface area (TPSA) is 87.3 Å². The van der Waals surface area contributed by atoms with Crippen molar-refractivity contribution in [3.63, 3.8) is 0 Å². The maximum atomic E-state index is 12.1. The Hall–Kier alpha value is -2.06. The first kappa shape index (κ1) is 12.0. The molecular formula is C7H7F2N3O4. The van der Waals surface area contributed by atoms with Crippen molar-refractivity contribution >= 4 is 11.8 Å². The molecule has 16 heavy (non-hydrogen) atoms. The molecule has 0 fully saturated rings. The number of rotatable bonds is 4. The molecule has 0 aliphatic heterocycles. The van der Waals surface area contributed by atoms with Crippen molar-refractivity contribution < 1.29 is 23.2 Å². The lowest BCUT2D eigenvalue weighted by molar-refractivity contribution is -0.389. The predicted molar refractivity (Wildman–Crippen MR) is 46.2 cm³/mol. The summed E-state index contributed by atoms with van der Waals surface area (Å²) in [7, 11) is 1.04. The molecule has 0 aromatic carbocycles. The Kier molecular flexibility index (Phi) is 3.48. The lowest BCUT2D eigenvalue weighted by atomic mass is 10.4. The van der Waals surface area contributed by atoms with Gasteiger partial charge in [0, 0.05) is 0 Å². The van der Waals surface area contributed by atoms with E-state index in [0.717, 1.165) is 13.2 Å². The van der Waals surface area contributed by atoms with Crippen LogP contribution >= 0.6 is 0 Å². The van der Waals surface area contributed by atoms with Crippen LogP contribution in [0.1, 0.15) is 10.5 Å². The molecule has 9 heteroatoms. The SMILES string of the molecule is COC(=O)c1cc([N+](=O)[O-])nn1CC(F)F. The number of aromatic nitrogens is 2. The third-order valence-electron chi connectivity index (χ3n) is 1.66. The molecule has 88 valence electrons. The second-order valence-electron chi connectivity index (χ2n) is 2.71. The van der Waals surface area contributed by atoms with E-state index in [1.807, 2.05) is 0 Å². The summed E-state index contributed by atoms with van der Waals surface area (Å²) in [6.07, 6.45) is -2.78. The zero-order valence-electron chi connectivity index (χ0n) is 8.09. The Bertz CT molecular complexity index is 418. The molecule has 0 spiro atoms. The normalized spacial score (nSPS) is 10.5. The fourth-order valence-electron chi connectivity index (χ4n) is 1.03. The summed E-state index contributed by atoms with van der Waals surface area (Å²) in [5.41, 5.74) is -0.380. The van der Waals surface area contributed by atoms with Crippen molar-refractivity contribution in [1.82, 2.24) is 9.78 Å². The number of halogens is 2. The average molecular weight is 235 g/mol. The summed E-state index contributed by atoms with van der Waals surface area (Å²) in [4.78, 5) is 20.6. The minimum absolute atomic E-state index is 0.380. The van der Waals surface area contributed by atoms with E-state index in [0.29, 0.717) is 4.68 Å². The van der Waals surface area contributed by atoms with Crippen LogP contribution < -0.4 is 0 Å². The number of carbonyl (C=O) groups excluding carboxylic acids is 1. The third-order valence-corrected chi connectivity index (χ3v) is 1.66. The molecule has 0 N–H and O–H groups in total. The van der Waals surface area contributed by atoms with Crippen molar-refractivity contribution in [2.24, 2.45) is 0 Å². The molecule has 0 aliphatic rings. The second kappa shape index (κ2) is 4.64. The number of ether oxygens (including phenoxy) is 1. The lowest BCUT2D eigenvalue weighted by Gasteiger charge is -1.99. The van der Waals surface area contributed by atoms with Gasteiger partial charge in [0.15, 0.2) is 5.69 Å². The highest BCUT2D eigenvalue weighted by molar-refractivity contribution is 5.88. The molecule has 0 unspecified atom stereocenters. The quantitative estimate of drug-likeness (QED) is 0.438. The molecule has 0 amide bonds. The van der Waals surface area contributed by atoms with Gasteiger partial charge in [-0.15, -0.1) is 0 Å². The summed E-state index contributed by atoms with van der Waals surface area (Å²) in [6, 6.07) is 0.786. The van der Waals surface area contributed by atoms with Gasteiger partial charge in [-0.05, 0) is 4.92 Å². The maximum Gasteiger partial charge on any atom is 0.390 e. The Morgan fingerprint density at radius 3 is 2.81 bits per heavy atom. The van der Waals surface area contributed by atoms with E-state index in [4.69, 9.17) is 0 Å². The van der Waals surface area contributed by atoms with Crippen molar-refractivity contribution in [2.45, 2.75) is 13.0 Å². The third kappa shape index (κ3) is 2.49. The van der Waals surface area contributed by atoms with E-state index in [2.05, 4.69) is 9.84 Å². The molecule has 1 aromatic heterocycles. The first-order valence-electron chi connectivity index (χ1n) is 4.04. The van der Waals surface area contributed by atoms with Gasteiger partial charge in [0.2, 0.25) is 0 Å². The first-order chi connectivity index (χ1) is 7.45. The smallest absolute Gasteiger partial charge is 0.390 e. The van der Waals surface area contributed by atoms with Crippen molar-refractivity contribution in [3.05, 3.63) is 21.9 Å². The minimum atomic E-state index is -2.78. The van der Waals surface area contributed by atoms with E-state index >= 15 is 0 Å². The van der Waals surface area contributed by atoms with Gasteiger partial charge in [0.25, 0.3) is 6.43 Å². The predicted octanol–water partition coefficient (Wildman–Crippen LogP) is 0.843. The Morgan fingerprint density at radius 2 is 2.38 bits per heavy atom. The van der Waals surface area contributed by atoms with Crippen molar-refractivity contribution in [3.8, 4) is 0 Å². The van der Waals surface area contributed by atoms with E-state index in [1.54, 1.807) is 0 Å². The largest absolute Gasteiger partial charge is 0.464 e. The van der Waals surface area contributed by atoms with Crippen LogP contribution in [-0.2, 0) is 11.3 Å². The summed E-state index contributed by atoms with van der Waals surface area (Å²) >= 11 is 0. The number of alkyl halides is 2. The standard InChI is InChI=1S/C7H7F2N3O4/c1-16-7(13)4-2-6(12(14)15)10-11(4)3-5(8)9/h2,5H,3H2,1H3. The van der Waals surface area contributed by atoms with Crippen LogP contribution in [0.4, 0.5) is 14.6 Å². The van der Waals surface area contributed by atoms with Gasteiger partial charge in [-0.2, -0.15) is 4.68 Å². The van der Waals surface area contributed by atoms with Gasteiger partial charge >= 0.3 is 11.8 Å². The average Bonchev–Trinajstić information content (AvgIpc) is 2.59. The van der Waals surface area contributed by atoms with Crippen molar-refractivity contribution in [1.29, 1.82) is 0 Å². The molecule has 1 aromatic rings. The van der Waals surface area contributed by atoms with E-state index in [-0.39, 0.29) is 5.69 Å². The first-order valence-corrected chi connectivity index (χ1v) is 4.04. The summed E-state index contributed by atoms with van der Waals surface area (Å²) in [5.74, 6) is -1.64. The monoisotopic (exact) mass is 235 g/mol. The van der Waals surface area contributed by atoms with Gasteiger partial charge in [-0.1, -0.05) is 0 Å². The molecule has 0 radical (unpaired) electrons. The zero-order chi connectivity index (χ0) is 12.3. The number of methoxy groups -OCH3 is 1. The maximum absolute atomic E-state index is 12.1. The van der Waals surface area contributed by atoms with Crippen LogP contribution in [-0.4, -0.2) is 34.2 Å². The van der Waals surface area contributed by atoms with Crippen LogP contribution in [0.2, 0.25) is 0 Å². The second-order valence-corrected chi connectivity index (χ2v) is 2.71. The number of carbonyl (C=O) groups is 1. The molecule has 0 saturated heterocycles. The van der Waals surface area contributed by atoms with Crippen molar-refractivity contribution in [2.75, 3.05) is 7.11 Å². The van der Waals surface area contributed by atoms with Gasteiger partial charge in [0.1, 0.15) is 6.54 Å².